The van der Waals surface area contributed by atoms with Crippen molar-refractivity contribution in [2.45, 2.75) is 30.6 Å². The first-order valence-electron chi connectivity index (χ1n) is 5.62. The first kappa shape index (κ1) is 13.5. The van der Waals surface area contributed by atoms with Crippen LogP contribution in [0.15, 0.2) is 17.6 Å². The number of rotatable bonds is 3. The molecule has 1 aromatic heterocycles. The van der Waals surface area contributed by atoms with E-state index in [1.807, 2.05) is 0 Å². The Bertz CT molecular complexity index is 497. The Morgan fingerprint density at radius 1 is 1.67 bits per heavy atom. The number of H-pyrrole nitrogens is 1. The summed E-state index contributed by atoms with van der Waals surface area (Å²) < 4.78 is 31.5. The van der Waals surface area contributed by atoms with Gasteiger partial charge in [0.2, 0.25) is 0 Å². The van der Waals surface area contributed by atoms with Gasteiger partial charge in [-0.05, 0) is 13.8 Å². The number of morpholine rings is 1. The minimum atomic E-state index is -3.61. The SMILES string of the molecule is CC1(C)CN(S(=O)(=O)c2cnc[nH]2)CC(CO)O1. The van der Waals surface area contributed by atoms with Crippen LogP contribution in [-0.2, 0) is 14.8 Å². The molecular weight excluding hydrogens is 258 g/mol. The Balaban J connectivity index is 2.28. The first-order chi connectivity index (χ1) is 8.35. The fourth-order valence-electron chi connectivity index (χ4n) is 2.04. The molecule has 2 rings (SSSR count). The lowest BCUT2D eigenvalue weighted by Gasteiger charge is -2.41. The van der Waals surface area contributed by atoms with Crippen molar-refractivity contribution < 1.29 is 18.3 Å². The molecule has 1 aliphatic rings. The second-order valence-corrected chi connectivity index (χ2v) is 6.80. The Hall–Kier alpha value is -0.960. The second-order valence-electron chi connectivity index (χ2n) is 4.90. The van der Waals surface area contributed by atoms with Gasteiger partial charge in [0.25, 0.3) is 10.0 Å². The summed E-state index contributed by atoms with van der Waals surface area (Å²) in [4.78, 5) is 6.31. The number of ether oxygens (including phenoxy) is 1. The molecule has 1 fully saturated rings. The Kier molecular flexibility index (Phi) is 3.45. The maximum Gasteiger partial charge on any atom is 0.260 e. The molecule has 2 heterocycles. The summed E-state index contributed by atoms with van der Waals surface area (Å²) in [7, 11) is -3.61. The Morgan fingerprint density at radius 3 is 2.94 bits per heavy atom. The highest BCUT2D eigenvalue weighted by molar-refractivity contribution is 7.89. The molecule has 1 atom stereocenters. The van der Waals surface area contributed by atoms with E-state index in [0.717, 1.165) is 0 Å². The lowest BCUT2D eigenvalue weighted by Crippen LogP contribution is -2.55. The number of hydrogen-bond acceptors (Lipinski definition) is 5. The molecule has 1 saturated heterocycles. The fraction of sp³-hybridized carbons (Fsp3) is 0.700. The standard InChI is InChI=1S/C10H17N3O4S/c1-10(2)6-13(4-8(5-14)17-10)18(15,16)9-3-11-7-12-9/h3,7-8,14H,4-6H2,1-2H3,(H,11,12). The molecule has 7 nitrogen and oxygen atoms in total. The van der Waals surface area contributed by atoms with Crippen molar-refractivity contribution in [3.8, 4) is 0 Å². The number of nitrogens with one attached hydrogen (secondary N) is 1. The molecule has 102 valence electrons. The molecule has 0 aliphatic carbocycles. The number of aliphatic hydroxyl groups is 1. The van der Waals surface area contributed by atoms with Crippen molar-refractivity contribution in [1.82, 2.24) is 14.3 Å². The summed E-state index contributed by atoms with van der Waals surface area (Å²) in [6, 6.07) is 0. The van der Waals surface area contributed by atoms with Gasteiger partial charge in [-0.25, -0.2) is 13.4 Å². The van der Waals surface area contributed by atoms with E-state index in [4.69, 9.17) is 4.74 Å². The molecule has 0 amide bonds. The number of aromatic amines is 1. The van der Waals surface area contributed by atoms with Gasteiger partial charge in [-0.2, -0.15) is 4.31 Å². The number of imidazole rings is 1. The Labute approximate surface area is 106 Å². The van der Waals surface area contributed by atoms with Gasteiger partial charge in [-0.1, -0.05) is 0 Å². The van der Waals surface area contributed by atoms with Crippen LogP contribution in [0.4, 0.5) is 0 Å². The number of hydrogen-bond donors (Lipinski definition) is 2. The molecule has 0 saturated carbocycles. The summed E-state index contributed by atoms with van der Waals surface area (Å²) in [5.41, 5.74) is -0.626. The predicted octanol–water partition coefficient (Wildman–Crippen LogP) is -0.430. The van der Waals surface area contributed by atoms with Crippen molar-refractivity contribution in [3.05, 3.63) is 12.5 Å². The van der Waals surface area contributed by atoms with Crippen molar-refractivity contribution in [1.29, 1.82) is 0 Å². The predicted molar refractivity (Wildman–Crippen MR) is 63.4 cm³/mol. The van der Waals surface area contributed by atoms with E-state index < -0.39 is 21.7 Å². The quantitative estimate of drug-likeness (QED) is 0.780. The normalized spacial score (nSPS) is 25.2. The van der Waals surface area contributed by atoms with E-state index in [1.165, 1.54) is 16.8 Å². The smallest absolute Gasteiger partial charge is 0.260 e. The van der Waals surface area contributed by atoms with E-state index in [9.17, 15) is 13.5 Å². The molecule has 8 heteroatoms. The van der Waals surface area contributed by atoms with Gasteiger partial charge in [0, 0.05) is 13.1 Å². The van der Waals surface area contributed by atoms with Gasteiger partial charge in [-0.15, -0.1) is 0 Å². The van der Waals surface area contributed by atoms with Gasteiger partial charge in [-0.3, -0.25) is 0 Å². The molecule has 0 aromatic carbocycles. The lowest BCUT2D eigenvalue weighted by atomic mass is 10.1. The molecular formula is C10H17N3O4S. The minimum absolute atomic E-state index is 0.0527. The average Bonchev–Trinajstić information content (AvgIpc) is 2.80. The summed E-state index contributed by atoms with van der Waals surface area (Å²) in [5, 5.41) is 9.22. The van der Waals surface area contributed by atoms with Gasteiger partial charge in [0.05, 0.1) is 30.8 Å². The third-order valence-electron chi connectivity index (χ3n) is 2.74. The van der Waals surface area contributed by atoms with E-state index in [2.05, 4.69) is 9.97 Å². The maximum absolute atomic E-state index is 12.3. The highest BCUT2D eigenvalue weighted by Crippen LogP contribution is 2.25. The highest BCUT2D eigenvalue weighted by Gasteiger charge is 2.39. The van der Waals surface area contributed by atoms with Crippen LogP contribution in [0.5, 0.6) is 0 Å². The molecule has 1 aromatic rings. The molecule has 18 heavy (non-hydrogen) atoms. The maximum atomic E-state index is 12.3. The van der Waals surface area contributed by atoms with Crippen LogP contribution >= 0.6 is 0 Å². The van der Waals surface area contributed by atoms with Crippen LogP contribution in [0.1, 0.15) is 13.8 Å². The molecule has 0 bridgehead atoms. The number of aliphatic hydroxyl groups excluding tert-OH is 1. The number of aromatic nitrogens is 2. The summed E-state index contributed by atoms with van der Waals surface area (Å²) in [6.07, 6.45) is 2.08. The third kappa shape index (κ3) is 2.56. The highest BCUT2D eigenvalue weighted by atomic mass is 32.2. The summed E-state index contributed by atoms with van der Waals surface area (Å²) >= 11 is 0. The molecule has 2 N–H and O–H groups in total. The second kappa shape index (κ2) is 4.61. The van der Waals surface area contributed by atoms with Crippen LogP contribution in [0.3, 0.4) is 0 Å². The van der Waals surface area contributed by atoms with Crippen LogP contribution in [-0.4, -0.2) is 59.2 Å². The van der Waals surface area contributed by atoms with E-state index in [1.54, 1.807) is 13.8 Å². The van der Waals surface area contributed by atoms with Crippen LogP contribution in [0, 0.1) is 0 Å². The number of nitrogens with zero attached hydrogens (tertiary/aromatic N) is 2. The van der Waals surface area contributed by atoms with Crippen molar-refractivity contribution in [2.24, 2.45) is 0 Å². The first-order valence-corrected chi connectivity index (χ1v) is 7.06. The van der Waals surface area contributed by atoms with E-state index in [0.29, 0.717) is 0 Å². The zero-order valence-corrected chi connectivity index (χ0v) is 11.1. The molecule has 1 unspecified atom stereocenters. The van der Waals surface area contributed by atoms with Crippen molar-refractivity contribution in [2.75, 3.05) is 19.7 Å². The van der Waals surface area contributed by atoms with E-state index in [-0.39, 0.29) is 24.7 Å². The zero-order valence-electron chi connectivity index (χ0n) is 10.3. The van der Waals surface area contributed by atoms with Gasteiger partial charge >= 0.3 is 0 Å². The molecule has 0 radical (unpaired) electrons. The molecule has 0 spiro atoms. The Morgan fingerprint density at radius 2 is 2.39 bits per heavy atom. The zero-order chi connectivity index (χ0) is 13.4. The lowest BCUT2D eigenvalue weighted by molar-refractivity contribution is -0.131. The topological polar surface area (TPSA) is 95.5 Å². The number of sulfonamides is 1. The third-order valence-corrected chi connectivity index (χ3v) is 4.48. The van der Waals surface area contributed by atoms with Gasteiger partial charge in [0.15, 0.2) is 5.03 Å². The minimum Gasteiger partial charge on any atom is -0.394 e. The van der Waals surface area contributed by atoms with Crippen molar-refractivity contribution >= 4 is 10.0 Å². The molecule has 1 aliphatic heterocycles. The fourth-order valence-corrected chi connectivity index (χ4v) is 3.56. The monoisotopic (exact) mass is 275 g/mol. The van der Waals surface area contributed by atoms with Gasteiger partial charge < -0.3 is 14.8 Å². The average molecular weight is 275 g/mol. The van der Waals surface area contributed by atoms with Crippen LogP contribution < -0.4 is 0 Å². The largest absolute Gasteiger partial charge is 0.394 e. The summed E-state index contributed by atoms with van der Waals surface area (Å²) in [6.45, 7) is 3.76. The van der Waals surface area contributed by atoms with Crippen LogP contribution in [0.25, 0.3) is 0 Å². The van der Waals surface area contributed by atoms with E-state index >= 15 is 0 Å². The van der Waals surface area contributed by atoms with Gasteiger partial charge in [0.1, 0.15) is 0 Å². The van der Waals surface area contributed by atoms with Crippen LogP contribution in [0.2, 0.25) is 0 Å². The van der Waals surface area contributed by atoms with Crippen molar-refractivity contribution in [3.63, 3.8) is 0 Å². The summed E-state index contributed by atoms with van der Waals surface area (Å²) in [5.74, 6) is 0.